The van der Waals surface area contributed by atoms with Crippen LogP contribution in [-0.2, 0) is 18.9 Å². The molecule has 2 heterocycles. The molecule has 0 aromatic heterocycles. The second-order valence-electron chi connectivity index (χ2n) is 6.02. The van der Waals surface area contributed by atoms with Crippen molar-refractivity contribution < 1.29 is 18.9 Å². The van der Waals surface area contributed by atoms with Gasteiger partial charge >= 0.3 is 0 Å². The fraction of sp³-hybridized carbons (Fsp3) is 0.882. The zero-order valence-corrected chi connectivity index (χ0v) is 13.5. The summed E-state index contributed by atoms with van der Waals surface area (Å²) in [7, 11) is 0. The summed E-state index contributed by atoms with van der Waals surface area (Å²) in [5.74, 6) is 0.889. The van der Waals surface area contributed by atoms with Gasteiger partial charge in [-0.15, -0.1) is 0 Å². The van der Waals surface area contributed by atoms with Crippen LogP contribution in [0.15, 0.2) is 12.2 Å². The molecule has 0 aromatic rings. The van der Waals surface area contributed by atoms with E-state index in [2.05, 4.69) is 26.0 Å². The molecule has 2 saturated heterocycles. The van der Waals surface area contributed by atoms with Gasteiger partial charge in [0.2, 0.25) is 0 Å². The van der Waals surface area contributed by atoms with Gasteiger partial charge in [0.05, 0.1) is 26.4 Å². The van der Waals surface area contributed by atoms with Gasteiger partial charge in [-0.05, 0) is 25.7 Å². The Morgan fingerprint density at radius 1 is 0.810 bits per heavy atom. The third kappa shape index (κ3) is 6.07. The summed E-state index contributed by atoms with van der Waals surface area (Å²) in [6.07, 6.45) is 9.48. The van der Waals surface area contributed by atoms with E-state index in [0.29, 0.717) is 11.8 Å². The van der Waals surface area contributed by atoms with E-state index in [9.17, 15) is 0 Å². The van der Waals surface area contributed by atoms with Gasteiger partial charge in [0.15, 0.2) is 12.6 Å². The van der Waals surface area contributed by atoms with Gasteiger partial charge in [-0.1, -0.05) is 32.4 Å². The molecule has 0 aromatic carbocycles. The molecule has 0 spiro atoms. The van der Waals surface area contributed by atoms with E-state index in [-0.39, 0.29) is 12.6 Å². The van der Waals surface area contributed by atoms with E-state index in [1.165, 1.54) is 0 Å². The van der Waals surface area contributed by atoms with Crippen LogP contribution >= 0.6 is 0 Å². The minimum Gasteiger partial charge on any atom is -0.352 e. The Morgan fingerprint density at radius 3 is 2.05 bits per heavy atom. The molecule has 2 fully saturated rings. The van der Waals surface area contributed by atoms with Gasteiger partial charge in [0, 0.05) is 11.8 Å². The first-order valence-corrected chi connectivity index (χ1v) is 8.44. The summed E-state index contributed by atoms with van der Waals surface area (Å²) in [6, 6.07) is 0. The largest absolute Gasteiger partial charge is 0.352 e. The van der Waals surface area contributed by atoms with Crippen molar-refractivity contribution in [1.82, 2.24) is 0 Å². The smallest absolute Gasteiger partial charge is 0.157 e. The van der Waals surface area contributed by atoms with Gasteiger partial charge in [-0.3, -0.25) is 0 Å². The van der Waals surface area contributed by atoms with E-state index in [1.807, 2.05) is 0 Å². The van der Waals surface area contributed by atoms with Crippen molar-refractivity contribution in [3.63, 3.8) is 0 Å². The van der Waals surface area contributed by atoms with E-state index < -0.39 is 0 Å². The fourth-order valence-corrected chi connectivity index (χ4v) is 2.69. The van der Waals surface area contributed by atoms with Gasteiger partial charge in [0.25, 0.3) is 0 Å². The third-order valence-corrected chi connectivity index (χ3v) is 4.01. The minimum atomic E-state index is -0.0513. The topological polar surface area (TPSA) is 36.9 Å². The zero-order chi connectivity index (χ0) is 14.9. The molecule has 2 aliphatic rings. The highest BCUT2D eigenvalue weighted by molar-refractivity contribution is 4.88. The molecule has 0 aliphatic carbocycles. The first-order chi connectivity index (χ1) is 10.3. The number of rotatable bonds is 7. The lowest BCUT2D eigenvalue weighted by atomic mass is 10.0. The maximum Gasteiger partial charge on any atom is 0.157 e. The number of hydrogen-bond donors (Lipinski definition) is 0. The van der Waals surface area contributed by atoms with Crippen molar-refractivity contribution in [3.05, 3.63) is 12.2 Å². The molecule has 0 atom stereocenters. The molecule has 0 bridgehead atoms. The minimum absolute atomic E-state index is 0.0135. The summed E-state index contributed by atoms with van der Waals surface area (Å²) < 4.78 is 23.0. The highest BCUT2D eigenvalue weighted by Gasteiger charge is 2.25. The average Bonchev–Trinajstić information content (AvgIpc) is 2.53. The molecule has 0 radical (unpaired) electrons. The molecule has 0 saturated carbocycles. The van der Waals surface area contributed by atoms with E-state index in [4.69, 9.17) is 18.9 Å². The molecule has 122 valence electrons. The van der Waals surface area contributed by atoms with Crippen LogP contribution in [0.4, 0.5) is 0 Å². The Kier molecular flexibility index (Phi) is 7.72. The first kappa shape index (κ1) is 16.9. The quantitative estimate of drug-likeness (QED) is 0.674. The molecule has 4 heteroatoms. The van der Waals surface area contributed by atoms with Crippen LogP contribution in [0.1, 0.15) is 46.0 Å². The van der Waals surface area contributed by atoms with Crippen molar-refractivity contribution in [2.45, 2.75) is 58.5 Å². The van der Waals surface area contributed by atoms with Crippen LogP contribution in [0.3, 0.4) is 0 Å². The second-order valence-corrected chi connectivity index (χ2v) is 6.02. The lowest BCUT2D eigenvalue weighted by Gasteiger charge is -2.32. The standard InChI is InChI=1S/C17H30O4/c1-3-5-7-14-10-20-17(21-11-14)9-8-15-12-18-16(6-4-2)19-13-15/h5,7,14-17H,3-4,6,8-13H2,1-2H3/b7-5+. The van der Waals surface area contributed by atoms with Crippen molar-refractivity contribution >= 4 is 0 Å². The lowest BCUT2D eigenvalue weighted by Crippen LogP contribution is -2.34. The van der Waals surface area contributed by atoms with Gasteiger partial charge in [-0.2, -0.15) is 0 Å². The summed E-state index contributed by atoms with van der Waals surface area (Å²) >= 11 is 0. The third-order valence-electron chi connectivity index (χ3n) is 4.01. The molecule has 0 amide bonds. The monoisotopic (exact) mass is 298 g/mol. The number of allylic oxidation sites excluding steroid dienone is 1. The van der Waals surface area contributed by atoms with Crippen LogP contribution < -0.4 is 0 Å². The number of ether oxygens (including phenoxy) is 4. The van der Waals surface area contributed by atoms with Crippen LogP contribution in [0, 0.1) is 11.8 Å². The lowest BCUT2D eigenvalue weighted by molar-refractivity contribution is -0.215. The van der Waals surface area contributed by atoms with Crippen molar-refractivity contribution in [2.24, 2.45) is 11.8 Å². The van der Waals surface area contributed by atoms with Crippen molar-refractivity contribution in [2.75, 3.05) is 26.4 Å². The fourth-order valence-electron chi connectivity index (χ4n) is 2.69. The Hall–Kier alpha value is -0.420. The van der Waals surface area contributed by atoms with Gasteiger partial charge < -0.3 is 18.9 Å². The van der Waals surface area contributed by atoms with Crippen LogP contribution in [-0.4, -0.2) is 39.0 Å². The number of hydrogen-bond acceptors (Lipinski definition) is 4. The summed E-state index contributed by atoms with van der Waals surface area (Å²) in [5.41, 5.74) is 0. The van der Waals surface area contributed by atoms with E-state index in [1.54, 1.807) is 0 Å². The molecule has 2 rings (SSSR count). The molecule has 0 N–H and O–H groups in total. The Labute approximate surface area is 128 Å². The van der Waals surface area contributed by atoms with Gasteiger partial charge in [-0.25, -0.2) is 0 Å². The van der Waals surface area contributed by atoms with Crippen LogP contribution in [0.2, 0.25) is 0 Å². The molecule has 0 unspecified atom stereocenters. The van der Waals surface area contributed by atoms with Crippen LogP contribution in [0.5, 0.6) is 0 Å². The predicted molar refractivity (Wildman–Crippen MR) is 81.9 cm³/mol. The molecule has 2 aliphatic heterocycles. The Bertz CT molecular complexity index is 289. The summed E-state index contributed by atoms with van der Waals surface area (Å²) in [6.45, 7) is 7.45. The Balaban J connectivity index is 1.57. The SMILES string of the molecule is CC/C=C/C1COC(CCC2COC(CCC)OC2)OC1. The summed E-state index contributed by atoms with van der Waals surface area (Å²) in [4.78, 5) is 0. The zero-order valence-electron chi connectivity index (χ0n) is 13.5. The maximum absolute atomic E-state index is 5.78. The molecular formula is C17H30O4. The first-order valence-electron chi connectivity index (χ1n) is 8.44. The van der Waals surface area contributed by atoms with Crippen molar-refractivity contribution in [3.8, 4) is 0 Å². The molecule has 4 nitrogen and oxygen atoms in total. The highest BCUT2D eigenvalue weighted by atomic mass is 16.7. The highest BCUT2D eigenvalue weighted by Crippen LogP contribution is 2.22. The molecule has 21 heavy (non-hydrogen) atoms. The van der Waals surface area contributed by atoms with Gasteiger partial charge in [0.1, 0.15) is 0 Å². The van der Waals surface area contributed by atoms with E-state index >= 15 is 0 Å². The van der Waals surface area contributed by atoms with Crippen LogP contribution in [0.25, 0.3) is 0 Å². The normalized spacial score (nSPS) is 34.4. The average molecular weight is 298 g/mol. The molecular weight excluding hydrogens is 268 g/mol. The second kappa shape index (κ2) is 9.57. The Morgan fingerprint density at radius 2 is 1.43 bits per heavy atom. The summed E-state index contributed by atoms with van der Waals surface area (Å²) in [5, 5.41) is 0. The maximum atomic E-state index is 5.78. The van der Waals surface area contributed by atoms with Crippen molar-refractivity contribution in [1.29, 1.82) is 0 Å². The van der Waals surface area contributed by atoms with E-state index in [0.717, 1.165) is 58.5 Å². The predicted octanol–water partition coefficient (Wildman–Crippen LogP) is 3.51.